The maximum atomic E-state index is 4.58. The molecule has 2 heterocycles. The van der Waals surface area contributed by atoms with E-state index in [4.69, 9.17) is 0 Å². The molecule has 3 aromatic rings. The zero-order chi connectivity index (χ0) is 13.9. The molecule has 0 spiro atoms. The molecule has 20 heavy (non-hydrogen) atoms. The van der Waals surface area contributed by atoms with E-state index < -0.39 is 0 Å². The number of nitrogens with zero attached hydrogens (tertiary/aromatic N) is 1. The van der Waals surface area contributed by atoms with Crippen molar-refractivity contribution in [3.63, 3.8) is 0 Å². The Kier molecular flexibility index (Phi) is 3.48. The Bertz CT molecular complexity index is 837. The lowest BCUT2D eigenvalue weighted by Crippen LogP contribution is -1.86. The zero-order valence-electron chi connectivity index (χ0n) is 11.3. The zero-order valence-corrected chi connectivity index (χ0v) is 12.2. The third-order valence-electron chi connectivity index (χ3n) is 3.21. The normalized spacial score (nSPS) is 12.6. The number of fused-ring (bicyclic) bond motifs is 3. The van der Waals surface area contributed by atoms with Crippen molar-refractivity contribution in [2.45, 2.75) is 6.92 Å². The van der Waals surface area contributed by atoms with E-state index in [1.807, 2.05) is 31.3 Å². The molecule has 0 N–H and O–H groups in total. The van der Waals surface area contributed by atoms with Crippen molar-refractivity contribution in [1.29, 1.82) is 0 Å². The van der Waals surface area contributed by atoms with Gasteiger partial charge in [-0.1, -0.05) is 49.1 Å². The van der Waals surface area contributed by atoms with Gasteiger partial charge in [-0.05, 0) is 19.1 Å². The minimum atomic E-state index is 1.03. The molecule has 3 rings (SSSR count). The summed E-state index contributed by atoms with van der Waals surface area (Å²) in [5.74, 6) is 0. The van der Waals surface area contributed by atoms with Gasteiger partial charge >= 0.3 is 0 Å². The van der Waals surface area contributed by atoms with Crippen LogP contribution in [0.4, 0.5) is 0 Å². The number of benzene rings is 1. The van der Waals surface area contributed by atoms with Crippen molar-refractivity contribution < 1.29 is 0 Å². The molecule has 0 radical (unpaired) electrons. The highest BCUT2D eigenvalue weighted by Crippen LogP contribution is 2.37. The molecule has 0 bridgehead atoms. The predicted molar refractivity (Wildman–Crippen MR) is 90.1 cm³/mol. The molecule has 0 saturated heterocycles. The van der Waals surface area contributed by atoms with E-state index in [9.17, 15) is 0 Å². The lowest BCUT2D eigenvalue weighted by atomic mass is 10.1. The first-order valence-electron chi connectivity index (χ1n) is 6.57. The van der Waals surface area contributed by atoms with Gasteiger partial charge in [-0.2, -0.15) is 0 Å². The first-order chi connectivity index (χ1) is 9.85. The number of hydrogen-bond acceptors (Lipinski definition) is 2. The smallest absolute Gasteiger partial charge is 0.0880 e. The average molecular weight is 277 g/mol. The molecule has 0 aliphatic rings. The number of pyridine rings is 1. The molecule has 0 saturated carbocycles. The third kappa shape index (κ3) is 2.08. The van der Waals surface area contributed by atoms with E-state index in [-0.39, 0.29) is 0 Å². The summed E-state index contributed by atoms with van der Waals surface area (Å²) in [4.78, 5) is 4.58. The number of aromatic nitrogens is 1. The van der Waals surface area contributed by atoms with Crippen LogP contribution in [0.2, 0.25) is 0 Å². The topological polar surface area (TPSA) is 12.9 Å². The molecular weight excluding hydrogens is 262 g/mol. The Morgan fingerprint density at radius 3 is 2.85 bits per heavy atom. The van der Waals surface area contributed by atoms with Gasteiger partial charge in [0.2, 0.25) is 0 Å². The lowest BCUT2D eigenvalue weighted by molar-refractivity contribution is 1.32. The summed E-state index contributed by atoms with van der Waals surface area (Å²) in [6.45, 7) is 5.81. The van der Waals surface area contributed by atoms with Gasteiger partial charge in [-0.15, -0.1) is 11.3 Å². The van der Waals surface area contributed by atoms with Crippen molar-refractivity contribution in [2.75, 3.05) is 0 Å². The largest absolute Gasteiger partial charge is 0.255 e. The first kappa shape index (κ1) is 12.8. The first-order valence-corrected chi connectivity index (χ1v) is 7.39. The molecule has 0 atom stereocenters. The van der Waals surface area contributed by atoms with Crippen molar-refractivity contribution in [2.24, 2.45) is 0 Å². The minimum absolute atomic E-state index is 1.03. The maximum Gasteiger partial charge on any atom is 0.0880 e. The molecule has 0 aliphatic carbocycles. The molecule has 0 aliphatic heterocycles. The van der Waals surface area contributed by atoms with Gasteiger partial charge < -0.3 is 0 Å². The van der Waals surface area contributed by atoms with Crippen LogP contribution in [0.1, 0.15) is 12.6 Å². The minimum Gasteiger partial charge on any atom is -0.255 e. The number of rotatable bonds is 3. The van der Waals surface area contributed by atoms with Crippen molar-refractivity contribution >= 4 is 37.1 Å². The lowest BCUT2D eigenvalue weighted by Gasteiger charge is -2.02. The standard InChI is InChI=1S/C18H15NS/c1-3-7-13(8-4-2)17-18-15(11-12-19-17)14-9-5-6-10-16(14)20-18/h3-12H,1H2,2H3. The highest BCUT2D eigenvalue weighted by molar-refractivity contribution is 7.26. The monoisotopic (exact) mass is 277 g/mol. The van der Waals surface area contributed by atoms with Gasteiger partial charge in [0.15, 0.2) is 0 Å². The van der Waals surface area contributed by atoms with Crippen LogP contribution in [0.3, 0.4) is 0 Å². The fourth-order valence-electron chi connectivity index (χ4n) is 2.38. The fraction of sp³-hybridized carbons (Fsp3) is 0.0556. The number of thiophene rings is 1. The summed E-state index contributed by atoms with van der Waals surface area (Å²) >= 11 is 1.80. The van der Waals surface area contributed by atoms with Gasteiger partial charge in [0.25, 0.3) is 0 Å². The second-order valence-corrected chi connectivity index (χ2v) is 5.54. The number of hydrogen-bond donors (Lipinski definition) is 0. The van der Waals surface area contributed by atoms with Gasteiger partial charge in [-0.3, -0.25) is 4.98 Å². The van der Waals surface area contributed by atoms with Crippen LogP contribution in [-0.2, 0) is 0 Å². The molecule has 2 heteroatoms. The second kappa shape index (κ2) is 5.43. The summed E-state index contributed by atoms with van der Waals surface area (Å²) in [6.07, 6.45) is 9.81. The van der Waals surface area contributed by atoms with E-state index in [0.29, 0.717) is 0 Å². The van der Waals surface area contributed by atoms with Gasteiger partial charge in [0.05, 0.1) is 10.4 Å². The highest BCUT2D eigenvalue weighted by atomic mass is 32.1. The molecular formula is C18H15NS. The SMILES string of the molecule is C=CC=C(C=CC)c1nccc2c1sc1ccccc12. The molecule has 2 aromatic heterocycles. The Hall–Kier alpha value is -2.19. The Labute approximate surface area is 122 Å². The van der Waals surface area contributed by atoms with Gasteiger partial charge in [0, 0.05) is 27.2 Å². The van der Waals surface area contributed by atoms with E-state index in [1.54, 1.807) is 11.3 Å². The van der Waals surface area contributed by atoms with Crippen LogP contribution in [0.25, 0.3) is 25.7 Å². The molecule has 1 aromatic carbocycles. The average Bonchev–Trinajstić information content (AvgIpc) is 2.85. The maximum absolute atomic E-state index is 4.58. The van der Waals surface area contributed by atoms with Crippen LogP contribution in [0.5, 0.6) is 0 Å². The van der Waals surface area contributed by atoms with Crippen molar-refractivity contribution in [1.82, 2.24) is 4.98 Å². The van der Waals surface area contributed by atoms with E-state index in [2.05, 4.69) is 48.0 Å². The van der Waals surface area contributed by atoms with Crippen LogP contribution in [-0.4, -0.2) is 4.98 Å². The van der Waals surface area contributed by atoms with Gasteiger partial charge in [-0.25, -0.2) is 0 Å². The molecule has 0 fully saturated rings. The van der Waals surface area contributed by atoms with Crippen molar-refractivity contribution in [3.8, 4) is 0 Å². The quantitative estimate of drug-likeness (QED) is 0.568. The highest BCUT2D eigenvalue weighted by Gasteiger charge is 2.10. The molecule has 0 amide bonds. The Morgan fingerprint density at radius 2 is 2.05 bits per heavy atom. The molecule has 1 nitrogen and oxygen atoms in total. The Balaban J connectivity index is 2.36. The summed E-state index contributed by atoms with van der Waals surface area (Å²) in [5.41, 5.74) is 2.13. The predicted octanol–water partition coefficient (Wildman–Crippen LogP) is 5.60. The molecule has 98 valence electrons. The summed E-state index contributed by atoms with van der Waals surface area (Å²) in [5, 5.41) is 2.57. The van der Waals surface area contributed by atoms with E-state index in [1.165, 1.54) is 20.2 Å². The summed E-state index contributed by atoms with van der Waals surface area (Å²) < 4.78 is 2.54. The van der Waals surface area contributed by atoms with Crippen LogP contribution >= 0.6 is 11.3 Å². The van der Waals surface area contributed by atoms with Crippen molar-refractivity contribution in [3.05, 3.63) is 73.1 Å². The third-order valence-corrected chi connectivity index (χ3v) is 4.40. The van der Waals surface area contributed by atoms with Crippen LogP contribution in [0, 0.1) is 0 Å². The summed E-state index contributed by atoms with van der Waals surface area (Å²) in [7, 11) is 0. The second-order valence-electron chi connectivity index (χ2n) is 4.49. The van der Waals surface area contributed by atoms with Crippen LogP contribution in [0.15, 0.2) is 67.4 Å². The Morgan fingerprint density at radius 1 is 1.20 bits per heavy atom. The molecule has 0 unspecified atom stereocenters. The van der Waals surface area contributed by atoms with Crippen LogP contribution < -0.4 is 0 Å². The summed E-state index contributed by atoms with van der Waals surface area (Å²) in [6, 6.07) is 10.6. The van der Waals surface area contributed by atoms with E-state index in [0.717, 1.165) is 11.3 Å². The van der Waals surface area contributed by atoms with E-state index >= 15 is 0 Å². The van der Waals surface area contributed by atoms with Gasteiger partial charge in [0.1, 0.15) is 0 Å². The number of allylic oxidation sites excluding steroid dienone is 5. The fourth-order valence-corrected chi connectivity index (χ4v) is 3.59.